The molecule has 0 spiro atoms. The van der Waals surface area contributed by atoms with Gasteiger partial charge in [-0.3, -0.25) is 0 Å². The Morgan fingerprint density at radius 1 is 1.47 bits per heavy atom. The number of amides is 1. The quantitative estimate of drug-likeness (QED) is 0.790. The highest BCUT2D eigenvalue weighted by molar-refractivity contribution is 7.07. The van der Waals surface area contributed by atoms with E-state index in [9.17, 15) is 4.79 Å². The van der Waals surface area contributed by atoms with Crippen molar-refractivity contribution in [1.29, 1.82) is 0 Å². The molecule has 0 saturated heterocycles. The molecular weight excluding hydrogens is 260 g/mol. The summed E-state index contributed by atoms with van der Waals surface area (Å²) in [4.78, 5) is 11.5. The van der Waals surface area contributed by atoms with Crippen molar-refractivity contribution in [2.75, 3.05) is 13.1 Å². The Labute approximate surface area is 119 Å². The second kappa shape index (κ2) is 7.50. The third-order valence-corrected chi connectivity index (χ3v) is 3.12. The predicted molar refractivity (Wildman–Crippen MR) is 79.7 cm³/mol. The summed E-state index contributed by atoms with van der Waals surface area (Å²) >= 11 is 1.72. The zero-order valence-electron chi connectivity index (χ0n) is 12.2. The van der Waals surface area contributed by atoms with Crippen LogP contribution in [0.1, 0.15) is 33.3 Å². The van der Waals surface area contributed by atoms with Gasteiger partial charge in [0.1, 0.15) is 5.60 Å². The summed E-state index contributed by atoms with van der Waals surface area (Å²) in [6, 6.07) is 2.19. The molecule has 1 heterocycles. The van der Waals surface area contributed by atoms with Gasteiger partial charge in [-0.15, -0.1) is 0 Å². The van der Waals surface area contributed by atoms with E-state index in [0.717, 1.165) is 19.5 Å². The van der Waals surface area contributed by atoms with Gasteiger partial charge in [-0.2, -0.15) is 11.3 Å². The standard InChI is InChI=1S/C14H24N2O2S/c1-11(16-13(17)18-14(2,3)4)9-15-7-5-12-6-8-19-10-12/h6,8,10-11,15H,5,7,9H2,1-4H3,(H,16,17)/t11-/m1/s1. The maximum absolute atomic E-state index is 11.5. The minimum atomic E-state index is -0.448. The zero-order valence-corrected chi connectivity index (χ0v) is 13.0. The van der Waals surface area contributed by atoms with Gasteiger partial charge < -0.3 is 15.4 Å². The second-order valence-electron chi connectivity index (χ2n) is 5.63. The van der Waals surface area contributed by atoms with E-state index in [0.29, 0.717) is 0 Å². The first-order valence-electron chi connectivity index (χ1n) is 6.58. The lowest BCUT2D eigenvalue weighted by Gasteiger charge is -2.22. The van der Waals surface area contributed by atoms with Gasteiger partial charge in [0.25, 0.3) is 0 Å². The zero-order chi connectivity index (χ0) is 14.3. The molecule has 1 aromatic heterocycles. The Morgan fingerprint density at radius 3 is 2.79 bits per heavy atom. The molecule has 0 saturated carbocycles. The van der Waals surface area contributed by atoms with Crippen molar-refractivity contribution < 1.29 is 9.53 Å². The van der Waals surface area contributed by atoms with Crippen LogP contribution >= 0.6 is 11.3 Å². The van der Waals surface area contributed by atoms with Gasteiger partial charge in [-0.05, 0) is 63.1 Å². The highest BCUT2D eigenvalue weighted by Gasteiger charge is 2.17. The Morgan fingerprint density at radius 2 is 2.21 bits per heavy atom. The molecule has 0 aliphatic rings. The van der Waals surface area contributed by atoms with E-state index in [1.807, 2.05) is 27.7 Å². The summed E-state index contributed by atoms with van der Waals surface area (Å²) in [7, 11) is 0. The van der Waals surface area contributed by atoms with Crippen LogP contribution in [0.25, 0.3) is 0 Å². The van der Waals surface area contributed by atoms with Crippen LogP contribution in [0.2, 0.25) is 0 Å². The summed E-state index contributed by atoms with van der Waals surface area (Å²) < 4.78 is 5.20. The first-order chi connectivity index (χ1) is 8.87. The fraction of sp³-hybridized carbons (Fsp3) is 0.643. The molecule has 0 aromatic carbocycles. The largest absolute Gasteiger partial charge is 0.444 e. The summed E-state index contributed by atoms with van der Waals surface area (Å²) in [5.41, 5.74) is 0.904. The fourth-order valence-corrected chi connectivity index (χ4v) is 2.25. The van der Waals surface area contributed by atoms with E-state index in [1.165, 1.54) is 5.56 Å². The van der Waals surface area contributed by atoms with Gasteiger partial charge in [0.05, 0.1) is 0 Å². The monoisotopic (exact) mass is 284 g/mol. The lowest BCUT2D eigenvalue weighted by atomic mass is 10.2. The molecule has 5 heteroatoms. The summed E-state index contributed by atoms with van der Waals surface area (Å²) in [5.74, 6) is 0. The molecule has 1 aromatic rings. The summed E-state index contributed by atoms with van der Waals surface area (Å²) in [5, 5.41) is 10.4. The number of thiophene rings is 1. The maximum Gasteiger partial charge on any atom is 0.407 e. The van der Waals surface area contributed by atoms with Crippen molar-refractivity contribution in [1.82, 2.24) is 10.6 Å². The van der Waals surface area contributed by atoms with E-state index in [1.54, 1.807) is 11.3 Å². The molecule has 0 radical (unpaired) electrons. The van der Waals surface area contributed by atoms with Crippen LogP contribution in [0, 0.1) is 0 Å². The van der Waals surface area contributed by atoms with E-state index in [4.69, 9.17) is 4.74 Å². The van der Waals surface area contributed by atoms with Crippen LogP contribution in [0.3, 0.4) is 0 Å². The highest BCUT2D eigenvalue weighted by Crippen LogP contribution is 2.07. The van der Waals surface area contributed by atoms with Gasteiger partial charge in [0, 0.05) is 12.6 Å². The Bertz CT molecular complexity index is 371. The van der Waals surface area contributed by atoms with Crippen molar-refractivity contribution in [2.45, 2.75) is 45.8 Å². The molecule has 19 heavy (non-hydrogen) atoms. The number of alkyl carbamates (subject to hydrolysis) is 1. The molecule has 1 rings (SSSR count). The number of ether oxygens (including phenoxy) is 1. The van der Waals surface area contributed by atoms with E-state index < -0.39 is 5.60 Å². The van der Waals surface area contributed by atoms with Crippen LogP contribution in [-0.4, -0.2) is 30.8 Å². The Hall–Kier alpha value is -1.07. The van der Waals surface area contributed by atoms with Crippen molar-refractivity contribution in [3.63, 3.8) is 0 Å². The second-order valence-corrected chi connectivity index (χ2v) is 6.41. The molecule has 108 valence electrons. The van der Waals surface area contributed by atoms with Crippen molar-refractivity contribution >= 4 is 17.4 Å². The SMILES string of the molecule is C[C@H](CNCCc1ccsc1)NC(=O)OC(C)(C)C. The van der Waals surface area contributed by atoms with Crippen LogP contribution in [0.4, 0.5) is 4.79 Å². The molecule has 0 aliphatic carbocycles. The molecule has 0 bridgehead atoms. The van der Waals surface area contributed by atoms with E-state index >= 15 is 0 Å². The predicted octanol–water partition coefficient (Wildman–Crippen LogP) is 2.79. The normalized spacial score (nSPS) is 13.1. The number of carbonyl (C=O) groups excluding carboxylic acids is 1. The van der Waals surface area contributed by atoms with Gasteiger partial charge in [-0.25, -0.2) is 4.79 Å². The molecule has 1 atom stereocenters. The Kier molecular flexibility index (Phi) is 6.31. The molecule has 0 unspecified atom stereocenters. The summed E-state index contributed by atoms with van der Waals surface area (Å²) in [6.07, 6.45) is 0.655. The first kappa shape index (κ1) is 16.0. The number of carbonyl (C=O) groups is 1. The van der Waals surface area contributed by atoms with Gasteiger partial charge in [-0.1, -0.05) is 0 Å². The van der Waals surface area contributed by atoms with Crippen molar-refractivity contribution in [3.8, 4) is 0 Å². The Balaban J connectivity index is 2.10. The fourth-order valence-electron chi connectivity index (χ4n) is 1.55. The van der Waals surface area contributed by atoms with E-state index in [2.05, 4.69) is 27.5 Å². The third-order valence-electron chi connectivity index (χ3n) is 2.38. The number of nitrogens with one attached hydrogen (secondary N) is 2. The van der Waals surface area contributed by atoms with Gasteiger partial charge >= 0.3 is 6.09 Å². The van der Waals surface area contributed by atoms with E-state index in [-0.39, 0.29) is 12.1 Å². The van der Waals surface area contributed by atoms with Crippen LogP contribution in [0.5, 0.6) is 0 Å². The average molecular weight is 284 g/mol. The van der Waals surface area contributed by atoms with Crippen LogP contribution < -0.4 is 10.6 Å². The maximum atomic E-state index is 11.5. The van der Waals surface area contributed by atoms with Crippen molar-refractivity contribution in [3.05, 3.63) is 22.4 Å². The van der Waals surface area contributed by atoms with Crippen LogP contribution in [-0.2, 0) is 11.2 Å². The highest BCUT2D eigenvalue weighted by atomic mass is 32.1. The molecule has 0 fully saturated rings. The molecule has 0 aliphatic heterocycles. The number of hydrogen-bond donors (Lipinski definition) is 2. The molecule has 2 N–H and O–H groups in total. The molecule has 4 nitrogen and oxygen atoms in total. The van der Waals surface area contributed by atoms with Gasteiger partial charge in [0.2, 0.25) is 0 Å². The third kappa shape index (κ3) is 7.85. The first-order valence-corrected chi connectivity index (χ1v) is 7.52. The van der Waals surface area contributed by atoms with Crippen molar-refractivity contribution in [2.24, 2.45) is 0 Å². The molecule has 1 amide bonds. The lowest BCUT2D eigenvalue weighted by Crippen LogP contribution is -2.42. The number of rotatable bonds is 6. The molecular formula is C14H24N2O2S. The lowest BCUT2D eigenvalue weighted by molar-refractivity contribution is 0.0508. The minimum Gasteiger partial charge on any atom is -0.444 e. The minimum absolute atomic E-state index is 0.0531. The topological polar surface area (TPSA) is 50.4 Å². The number of hydrogen-bond acceptors (Lipinski definition) is 4. The summed E-state index contributed by atoms with van der Waals surface area (Å²) in [6.45, 7) is 9.19. The van der Waals surface area contributed by atoms with Crippen LogP contribution in [0.15, 0.2) is 16.8 Å². The smallest absolute Gasteiger partial charge is 0.407 e. The van der Waals surface area contributed by atoms with Gasteiger partial charge in [0.15, 0.2) is 0 Å². The average Bonchev–Trinajstić information content (AvgIpc) is 2.74.